The van der Waals surface area contributed by atoms with E-state index in [9.17, 15) is 30.8 Å². The van der Waals surface area contributed by atoms with Crippen molar-refractivity contribution < 1.29 is 30.1 Å². The first-order chi connectivity index (χ1) is 24.1. The first-order valence-electron chi connectivity index (χ1n) is 17.8. The first-order valence-corrected chi connectivity index (χ1v) is 18.6. The molecule has 3 aromatic rings. The Kier molecular flexibility index (Phi) is 7.86. The van der Waals surface area contributed by atoms with Crippen LogP contribution in [0.2, 0.25) is 0 Å². The number of hydrogen-bond donors (Lipinski definition) is 8. The number of likely N-dealkylation sites (N-methyl/N-ethyl adjacent to an activating group) is 1. The van der Waals surface area contributed by atoms with Gasteiger partial charge in [0, 0.05) is 29.1 Å². The van der Waals surface area contributed by atoms with Crippen LogP contribution in [0.15, 0.2) is 4.52 Å². The molecule has 9 N–H and O–H groups in total. The number of hydrogen-bond acceptors (Lipinski definition) is 16. The average Bonchev–Trinajstić information content (AvgIpc) is 3.79. The molecule has 1 spiro atoms. The maximum Gasteiger partial charge on any atom is 0.265 e. The number of anilines is 3. The summed E-state index contributed by atoms with van der Waals surface area (Å²) in [6, 6.07) is 0.896. The second-order valence-corrected chi connectivity index (χ2v) is 16.7. The molecule has 2 fully saturated rings. The van der Waals surface area contributed by atoms with Crippen molar-refractivity contribution in [3.05, 3.63) is 32.9 Å². The highest BCUT2D eigenvalue weighted by molar-refractivity contribution is 7.16. The number of likely N-dealkylation sites (tertiary alicyclic amines) is 1. The predicted molar refractivity (Wildman–Crippen MR) is 189 cm³/mol. The van der Waals surface area contributed by atoms with Gasteiger partial charge >= 0.3 is 0 Å². The summed E-state index contributed by atoms with van der Waals surface area (Å²) in [5, 5.41) is 84.5. The molecule has 51 heavy (non-hydrogen) atoms. The van der Waals surface area contributed by atoms with E-state index in [2.05, 4.69) is 21.4 Å². The van der Waals surface area contributed by atoms with Gasteiger partial charge in [0.15, 0.2) is 17.3 Å². The van der Waals surface area contributed by atoms with Gasteiger partial charge in [0.05, 0.1) is 28.2 Å². The molecule has 0 aromatic carbocycles. The van der Waals surface area contributed by atoms with Crippen molar-refractivity contribution in [2.75, 3.05) is 36.1 Å². The standard InChI is InChI=1S/C35H45N9O6S/c1-17(20-8-6-14-43(20)3)39-29-23-26(37)35(48,49)34(46,47)22-10-13-32(2,45)16-44(22)31(23)41-30(40-29)25-18-7-4-11-33(27(18)50-42-25)12-5-9-21-24(33)19(15-36)28(38)51-21/h17,20,22,37,45-49H,4-14,16,38H2,1-3H3,(H,39,40,41). The van der Waals surface area contributed by atoms with Crippen molar-refractivity contribution in [3.8, 4) is 17.6 Å². The number of nitrogens with zero attached hydrogens (tertiary/aromatic N) is 6. The van der Waals surface area contributed by atoms with Gasteiger partial charge in [-0.25, -0.2) is 9.97 Å². The zero-order chi connectivity index (χ0) is 36.2. The van der Waals surface area contributed by atoms with Crippen molar-refractivity contribution in [1.82, 2.24) is 20.0 Å². The molecule has 0 saturated carbocycles. The Morgan fingerprint density at radius 3 is 2.55 bits per heavy atom. The zero-order valence-electron chi connectivity index (χ0n) is 29.0. The molecule has 8 rings (SSSR count). The number of aliphatic hydroxyl groups is 5. The number of nitrogens with two attached hydrogens (primary N) is 1. The van der Waals surface area contributed by atoms with Crippen LogP contribution in [0.25, 0.3) is 11.5 Å². The maximum atomic E-state index is 11.4. The van der Waals surface area contributed by atoms with Gasteiger partial charge in [-0.3, -0.25) is 5.41 Å². The van der Waals surface area contributed by atoms with Gasteiger partial charge in [-0.15, -0.1) is 11.3 Å². The molecule has 5 atom stereocenters. The monoisotopic (exact) mass is 719 g/mol. The van der Waals surface area contributed by atoms with E-state index in [1.54, 1.807) is 6.92 Å². The molecular weight excluding hydrogens is 675 g/mol. The fourth-order valence-electron chi connectivity index (χ4n) is 9.59. The van der Waals surface area contributed by atoms with Crippen molar-refractivity contribution in [2.45, 2.75) is 119 Å². The van der Waals surface area contributed by atoms with E-state index in [1.807, 2.05) is 14.0 Å². The van der Waals surface area contributed by atoms with Gasteiger partial charge in [-0.2, -0.15) is 5.26 Å². The number of rotatable bonds is 4. The van der Waals surface area contributed by atoms with Gasteiger partial charge in [-0.1, -0.05) is 5.16 Å². The molecule has 5 unspecified atom stereocenters. The predicted octanol–water partition coefficient (Wildman–Crippen LogP) is 1.96. The van der Waals surface area contributed by atoms with Gasteiger partial charge < -0.3 is 50.9 Å². The van der Waals surface area contributed by atoms with E-state index in [0.29, 0.717) is 28.4 Å². The lowest BCUT2D eigenvalue weighted by atomic mass is 9.63. The lowest BCUT2D eigenvalue weighted by Gasteiger charge is -2.48. The Balaban J connectivity index is 1.34. The number of piperidine rings is 1. The highest BCUT2D eigenvalue weighted by Crippen LogP contribution is 2.55. The molecule has 2 saturated heterocycles. The number of nitriles is 1. The van der Waals surface area contributed by atoms with Crippen LogP contribution in [0, 0.1) is 16.7 Å². The molecular formula is C35H45N9O6S. The van der Waals surface area contributed by atoms with Gasteiger partial charge in [-0.05, 0) is 97.2 Å². The van der Waals surface area contributed by atoms with Crippen molar-refractivity contribution in [2.24, 2.45) is 0 Å². The Bertz CT molecular complexity index is 1960. The summed E-state index contributed by atoms with van der Waals surface area (Å²) in [6.45, 7) is 4.40. The summed E-state index contributed by atoms with van der Waals surface area (Å²) in [5.41, 5.74) is 6.10. The molecule has 5 aliphatic rings. The van der Waals surface area contributed by atoms with Crippen molar-refractivity contribution in [1.29, 1.82) is 10.7 Å². The average molecular weight is 720 g/mol. The molecule has 272 valence electrons. The zero-order valence-corrected chi connectivity index (χ0v) is 29.8. The van der Waals surface area contributed by atoms with Crippen molar-refractivity contribution >= 4 is 33.7 Å². The van der Waals surface area contributed by atoms with E-state index in [-0.39, 0.29) is 54.5 Å². The molecule has 3 aromatic heterocycles. The number of aryl methyl sites for hydroxylation is 1. The highest BCUT2D eigenvalue weighted by Gasteiger charge is 2.63. The maximum absolute atomic E-state index is 11.4. The van der Waals surface area contributed by atoms with Crippen molar-refractivity contribution in [3.63, 3.8) is 0 Å². The van der Waals surface area contributed by atoms with Crippen LogP contribution < -0.4 is 16.0 Å². The van der Waals surface area contributed by atoms with Crippen LogP contribution in [0.3, 0.4) is 0 Å². The Labute approximate surface area is 299 Å². The number of nitrogens with one attached hydrogen (secondary N) is 2. The van der Waals surface area contributed by atoms with E-state index < -0.39 is 34.3 Å². The number of thiophene rings is 1. The van der Waals surface area contributed by atoms with Crippen LogP contribution in [0.5, 0.6) is 0 Å². The highest BCUT2D eigenvalue weighted by atomic mass is 32.1. The van der Waals surface area contributed by atoms with Gasteiger partial charge in [0.2, 0.25) is 5.79 Å². The summed E-state index contributed by atoms with van der Waals surface area (Å²) in [5.74, 6) is -5.65. The van der Waals surface area contributed by atoms with E-state index >= 15 is 0 Å². The molecule has 6 heterocycles. The second-order valence-electron chi connectivity index (χ2n) is 15.5. The molecule has 0 radical (unpaired) electrons. The van der Waals surface area contributed by atoms with Gasteiger partial charge in [0.1, 0.15) is 28.4 Å². The fraction of sp³-hybridized carbons (Fsp3) is 0.629. The van der Waals surface area contributed by atoms with E-state index in [1.165, 1.54) is 16.2 Å². The second kappa shape index (κ2) is 11.7. The minimum Gasteiger partial charge on any atom is -0.389 e. The third-order valence-corrected chi connectivity index (χ3v) is 13.3. The smallest absolute Gasteiger partial charge is 0.265 e. The molecule has 16 heteroatoms. The normalized spacial score (nSPS) is 30.2. The fourth-order valence-corrected chi connectivity index (χ4v) is 10.7. The lowest BCUT2D eigenvalue weighted by molar-refractivity contribution is -0.332. The summed E-state index contributed by atoms with van der Waals surface area (Å²) in [6.07, 6.45) is 6.70. The molecule has 3 aliphatic heterocycles. The largest absolute Gasteiger partial charge is 0.389 e. The van der Waals surface area contributed by atoms with E-state index in [0.717, 1.165) is 67.5 Å². The first kappa shape index (κ1) is 34.4. The van der Waals surface area contributed by atoms with Crippen LogP contribution in [-0.2, 0) is 18.3 Å². The summed E-state index contributed by atoms with van der Waals surface area (Å²) in [7, 11) is 2.04. The quantitative estimate of drug-likeness (QED) is 0.180. The van der Waals surface area contributed by atoms with Gasteiger partial charge in [0.25, 0.3) is 5.79 Å². The van der Waals surface area contributed by atoms with Crippen LogP contribution in [0.4, 0.5) is 16.6 Å². The summed E-state index contributed by atoms with van der Waals surface area (Å²) in [4.78, 5) is 14.6. The minimum atomic E-state index is -3.40. The van der Waals surface area contributed by atoms with Crippen LogP contribution in [-0.4, -0.2) is 107 Å². The molecule has 15 nitrogen and oxygen atoms in total. The number of fused-ring (bicyclic) bond motifs is 7. The van der Waals surface area contributed by atoms with E-state index in [4.69, 9.17) is 25.6 Å². The Morgan fingerprint density at radius 2 is 1.84 bits per heavy atom. The SMILES string of the molecule is CC(Nc1nc(-c2noc3c2CCCC32CCCc3sc(N)c(C#N)c32)nc2c1C(=N)C(O)(O)C(O)(O)C1CCC(C)(O)CN21)C1CCCN1C. The minimum absolute atomic E-state index is 0.0316. The number of aromatic nitrogens is 3. The van der Waals surface area contributed by atoms with Crippen LogP contribution in [0.1, 0.15) is 98.1 Å². The van der Waals surface area contributed by atoms with Crippen LogP contribution >= 0.6 is 11.3 Å². The molecule has 2 aliphatic carbocycles. The Morgan fingerprint density at radius 1 is 1.10 bits per heavy atom. The Hall–Kier alpha value is -3.69. The molecule has 0 amide bonds. The number of nitrogen functional groups attached to an aromatic ring is 1. The topological polar surface area (TPSA) is 245 Å². The lowest BCUT2D eigenvalue weighted by Crippen LogP contribution is -2.70. The third kappa shape index (κ3) is 4.97. The molecule has 0 bridgehead atoms. The summed E-state index contributed by atoms with van der Waals surface area (Å²) < 4.78 is 6.25. The summed E-state index contributed by atoms with van der Waals surface area (Å²) >= 11 is 1.46. The third-order valence-electron chi connectivity index (χ3n) is 12.2.